The lowest BCUT2D eigenvalue weighted by Crippen LogP contribution is -2.49. The predicted octanol–water partition coefficient (Wildman–Crippen LogP) is 5.42. The van der Waals surface area contributed by atoms with Crippen molar-refractivity contribution in [2.75, 3.05) is 31.6 Å². The highest BCUT2D eigenvalue weighted by Crippen LogP contribution is 2.30. The summed E-state index contributed by atoms with van der Waals surface area (Å²) in [5, 5.41) is 2.95. The number of carbonyl (C=O) groups excluding carboxylic acids is 1. The molecule has 1 aliphatic heterocycles. The maximum Gasteiger partial charge on any atom is 0.241 e. The SMILES string of the molecule is COc1ccc(Oc2ccc(S(=O)(=O)NC(CC3CCCCC3)C(=O)NCCN3CCc4cc(F)ccc43)cc2)cc1. The average Bonchev–Trinajstić information content (AvgIpc) is 3.39. The molecule has 224 valence electrons. The normalized spacial score (nSPS) is 16.1. The summed E-state index contributed by atoms with van der Waals surface area (Å²) in [6.07, 6.45) is 6.55. The Morgan fingerprint density at radius 2 is 1.64 bits per heavy atom. The van der Waals surface area contributed by atoms with Crippen molar-refractivity contribution in [2.24, 2.45) is 5.92 Å². The van der Waals surface area contributed by atoms with Gasteiger partial charge in [0.15, 0.2) is 0 Å². The van der Waals surface area contributed by atoms with Crippen molar-refractivity contribution in [3.05, 3.63) is 78.1 Å². The number of rotatable bonds is 12. The van der Waals surface area contributed by atoms with Crippen LogP contribution < -0.4 is 24.4 Å². The summed E-state index contributed by atoms with van der Waals surface area (Å²) in [6.45, 7) is 1.67. The minimum atomic E-state index is -3.97. The zero-order valence-electron chi connectivity index (χ0n) is 23.9. The van der Waals surface area contributed by atoms with E-state index in [9.17, 15) is 17.6 Å². The smallest absolute Gasteiger partial charge is 0.241 e. The second-order valence-corrected chi connectivity index (χ2v) is 12.7. The number of halogens is 1. The fourth-order valence-electron chi connectivity index (χ4n) is 5.80. The van der Waals surface area contributed by atoms with Crippen molar-refractivity contribution in [2.45, 2.75) is 55.9 Å². The van der Waals surface area contributed by atoms with E-state index in [2.05, 4.69) is 14.9 Å². The van der Waals surface area contributed by atoms with Gasteiger partial charge in [-0.25, -0.2) is 12.8 Å². The Bertz CT molecular complexity index is 1460. The Balaban J connectivity index is 1.22. The standard InChI is InChI=1S/C32H38FN3O5S/c1-40-26-8-10-27(11-9-26)41-28-12-14-29(15-13-28)42(38,39)35-30(21-23-5-3-2-4-6-23)32(37)34-18-20-36-19-17-24-22-25(33)7-16-31(24)36/h7-16,22-23,30,35H,2-6,17-21H2,1H3,(H,34,37). The minimum Gasteiger partial charge on any atom is -0.497 e. The molecule has 1 atom stereocenters. The molecule has 1 saturated carbocycles. The van der Waals surface area contributed by atoms with Crippen LogP contribution in [0, 0.1) is 11.7 Å². The van der Waals surface area contributed by atoms with Gasteiger partial charge in [-0.05, 0) is 91.1 Å². The summed E-state index contributed by atoms with van der Waals surface area (Å²) in [6, 6.07) is 17.1. The van der Waals surface area contributed by atoms with E-state index in [1.54, 1.807) is 55.6 Å². The summed E-state index contributed by atoms with van der Waals surface area (Å²) >= 11 is 0. The third-order valence-electron chi connectivity index (χ3n) is 8.05. The van der Waals surface area contributed by atoms with Crippen LogP contribution in [-0.2, 0) is 21.2 Å². The number of fused-ring (bicyclic) bond motifs is 1. The Morgan fingerprint density at radius 1 is 0.976 bits per heavy atom. The molecule has 3 aromatic rings. The topological polar surface area (TPSA) is 97.0 Å². The van der Waals surface area contributed by atoms with Crippen LogP contribution >= 0.6 is 0 Å². The second kappa shape index (κ2) is 13.6. The Labute approximate surface area is 247 Å². The van der Waals surface area contributed by atoms with Crippen LogP contribution in [-0.4, -0.2) is 47.1 Å². The van der Waals surface area contributed by atoms with E-state index >= 15 is 0 Å². The van der Waals surface area contributed by atoms with E-state index in [0.717, 1.165) is 49.9 Å². The number of ether oxygens (including phenoxy) is 2. The highest BCUT2D eigenvalue weighted by molar-refractivity contribution is 7.89. The molecule has 1 unspecified atom stereocenters. The molecule has 10 heteroatoms. The van der Waals surface area contributed by atoms with Crippen molar-refractivity contribution in [1.82, 2.24) is 10.0 Å². The number of anilines is 1. The van der Waals surface area contributed by atoms with E-state index < -0.39 is 16.1 Å². The molecule has 2 aliphatic rings. The number of benzene rings is 3. The number of nitrogens with one attached hydrogen (secondary N) is 2. The molecule has 1 fully saturated rings. The van der Waals surface area contributed by atoms with Gasteiger partial charge in [0.05, 0.1) is 12.0 Å². The van der Waals surface area contributed by atoms with E-state index in [0.29, 0.717) is 36.8 Å². The number of hydrogen-bond donors (Lipinski definition) is 2. The molecule has 1 aliphatic carbocycles. The lowest BCUT2D eigenvalue weighted by Gasteiger charge is -2.27. The first-order valence-corrected chi connectivity index (χ1v) is 16.0. The number of sulfonamides is 1. The van der Waals surface area contributed by atoms with Crippen molar-refractivity contribution >= 4 is 21.6 Å². The van der Waals surface area contributed by atoms with Gasteiger partial charge >= 0.3 is 0 Å². The third kappa shape index (κ3) is 7.60. The lowest BCUT2D eigenvalue weighted by atomic mass is 9.85. The van der Waals surface area contributed by atoms with Gasteiger partial charge < -0.3 is 19.7 Å². The first kappa shape index (κ1) is 29.8. The van der Waals surface area contributed by atoms with Gasteiger partial charge in [0.25, 0.3) is 0 Å². The zero-order valence-corrected chi connectivity index (χ0v) is 24.7. The number of amides is 1. The highest BCUT2D eigenvalue weighted by Gasteiger charge is 2.29. The number of hydrogen-bond acceptors (Lipinski definition) is 6. The van der Waals surface area contributed by atoms with Gasteiger partial charge in [-0.2, -0.15) is 4.72 Å². The molecule has 0 aromatic heterocycles. The molecule has 8 nitrogen and oxygen atoms in total. The Hall–Kier alpha value is -3.63. The van der Waals surface area contributed by atoms with Crippen molar-refractivity contribution in [1.29, 1.82) is 0 Å². The number of methoxy groups -OCH3 is 1. The van der Waals surface area contributed by atoms with Crippen LogP contribution in [0.1, 0.15) is 44.1 Å². The van der Waals surface area contributed by atoms with Gasteiger partial charge in [-0.15, -0.1) is 0 Å². The first-order valence-electron chi connectivity index (χ1n) is 14.6. The molecule has 1 amide bonds. The third-order valence-corrected chi connectivity index (χ3v) is 9.54. The Kier molecular flexibility index (Phi) is 9.64. The summed E-state index contributed by atoms with van der Waals surface area (Å²) in [5.41, 5.74) is 1.94. The number of carbonyl (C=O) groups is 1. The molecule has 0 saturated heterocycles. The monoisotopic (exact) mass is 595 g/mol. The second-order valence-electron chi connectivity index (χ2n) is 11.0. The highest BCUT2D eigenvalue weighted by atomic mass is 32.2. The fraction of sp³-hybridized carbons (Fsp3) is 0.406. The van der Waals surface area contributed by atoms with Crippen LogP contribution in [0.3, 0.4) is 0 Å². The van der Waals surface area contributed by atoms with Crippen LogP contribution in [0.15, 0.2) is 71.6 Å². The van der Waals surface area contributed by atoms with E-state index in [1.165, 1.54) is 24.6 Å². The summed E-state index contributed by atoms with van der Waals surface area (Å²) < 4.78 is 54.0. The summed E-state index contributed by atoms with van der Waals surface area (Å²) in [7, 11) is -2.38. The largest absolute Gasteiger partial charge is 0.497 e. The molecule has 1 heterocycles. The Morgan fingerprint density at radius 3 is 2.33 bits per heavy atom. The van der Waals surface area contributed by atoms with E-state index in [4.69, 9.17) is 9.47 Å². The molecule has 0 spiro atoms. The van der Waals surface area contributed by atoms with Gasteiger partial charge in [0, 0.05) is 25.3 Å². The van der Waals surface area contributed by atoms with Crippen molar-refractivity contribution in [3.63, 3.8) is 0 Å². The minimum absolute atomic E-state index is 0.0620. The molecule has 0 radical (unpaired) electrons. The van der Waals surface area contributed by atoms with E-state index in [-0.39, 0.29) is 22.5 Å². The molecule has 2 N–H and O–H groups in total. The maximum absolute atomic E-state index is 13.6. The van der Waals surface area contributed by atoms with Gasteiger partial charge in [0.1, 0.15) is 29.1 Å². The molecule has 5 rings (SSSR count). The molecule has 3 aromatic carbocycles. The first-order chi connectivity index (χ1) is 20.3. The van der Waals surface area contributed by atoms with E-state index in [1.807, 2.05) is 0 Å². The predicted molar refractivity (Wildman–Crippen MR) is 160 cm³/mol. The van der Waals surface area contributed by atoms with Crippen molar-refractivity contribution < 1.29 is 27.1 Å². The van der Waals surface area contributed by atoms with Gasteiger partial charge in [-0.3, -0.25) is 4.79 Å². The molecular formula is C32H38FN3O5S. The average molecular weight is 596 g/mol. The summed E-state index contributed by atoms with van der Waals surface area (Å²) in [4.78, 5) is 15.5. The molecule has 42 heavy (non-hydrogen) atoms. The number of nitrogens with zero attached hydrogens (tertiary/aromatic N) is 1. The van der Waals surface area contributed by atoms with Crippen molar-refractivity contribution in [3.8, 4) is 17.2 Å². The van der Waals surface area contributed by atoms with Crippen LogP contribution in [0.2, 0.25) is 0 Å². The van der Waals surface area contributed by atoms with Crippen LogP contribution in [0.4, 0.5) is 10.1 Å². The summed E-state index contributed by atoms with van der Waals surface area (Å²) in [5.74, 6) is 1.50. The molecule has 0 bridgehead atoms. The van der Waals surface area contributed by atoms with Gasteiger partial charge in [0.2, 0.25) is 15.9 Å². The van der Waals surface area contributed by atoms with Crippen LogP contribution in [0.5, 0.6) is 17.2 Å². The molecular weight excluding hydrogens is 557 g/mol. The zero-order chi connectivity index (χ0) is 29.5. The fourth-order valence-corrected chi connectivity index (χ4v) is 7.00. The quantitative estimate of drug-likeness (QED) is 0.290. The lowest BCUT2D eigenvalue weighted by molar-refractivity contribution is -0.123. The van der Waals surface area contributed by atoms with Gasteiger partial charge in [-0.1, -0.05) is 32.1 Å². The van der Waals surface area contributed by atoms with Crippen LogP contribution in [0.25, 0.3) is 0 Å². The maximum atomic E-state index is 13.6.